The fourth-order valence-electron chi connectivity index (χ4n) is 2.05. The molecule has 0 bridgehead atoms. The number of benzene rings is 1. The van der Waals surface area contributed by atoms with Crippen LogP contribution in [0.5, 0.6) is 0 Å². The van der Waals surface area contributed by atoms with Gasteiger partial charge < -0.3 is 10.1 Å². The molecule has 1 aromatic rings. The van der Waals surface area contributed by atoms with Crippen molar-refractivity contribution in [3.8, 4) is 11.8 Å². The first-order valence-corrected chi connectivity index (χ1v) is 5.59. The number of nitrogens with one attached hydrogen (secondary N) is 1. The molecule has 0 unspecified atom stereocenters. The maximum Gasteiger partial charge on any atom is 0.119 e. The van der Waals surface area contributed by atoms with Gasteiger partial charge in [0.2, 0.25) is 0 Å². The summed E-state index contributed by atoms with van der Waals surface area (Å²) >= 11 is 0. The number of hydrogen-bond acceptors (Lipinski definition) is 2. The van der Waals surface area contributed by atoms with E-state index in [4.69, 9.17) is 4.74 Å². The van der Waals surface area contributed by atoms with E-state index in [1.807, 2.05) is 6.92 Å². The third-order valence-corrected chi connectivity index (χ3v) is 3.05. The van der Waals surface area contributed by atoms with Crippen LogP contribution in [-0.4, -0.2) is 19.7 Å². The predicted octanol–water partition coefficient (Wildman–Crippen LogP) is 1.83. The van der Waals surface area contributed by atoms with Crippen molar-refractivity contribution in [2.45, 2.75) is 19.4 Å². The van der Waals surface area contributed by atoms with Crippen LogP contribution in [0.4, 0.5) is 0 Å². The molecule has 1 fully saturated rings. The van der Waals surface area contributed by atoms with E-state index in [1.54, 1.807) is 0 Å². The molecule has 0 saturated carbocycles. The molecule has 1 heterocycles. The molecule has 1 aliphatic heterocycles. The van der Waals surface area contributed by atoms with E-state index in [-0.39, 0.29) is 5.60 Å². The van der Waals surface area contributed by atoms with E-state index in [0.29, 0.717) is 6.61 Å². The quantitative estimate of drug-likeness (QED) is 0.777. The van der Waals surface area contributed by atoms with Gasteiger partial charge in [0.1, 0.15) is 12.2 Å². The molecule has 0 aromatic heterocycles. The Morgan fingerprint density at radius 2 is 2.12 bits per heavy atom. The Bertz CT molecular complexity index is 424. The van der Waals surface area contributed by atoms with Crippen molar-refractivity contribution in [2.24, 2.45) is 0 Å². The summed E-state index contributed by atoms with van der Waals surface area (Å²) in [6.45, 7) is 6.23. The Labute approximate surface area is 97.0 Å². The molecule has 0 atom stereocenters. The summed E-state index contributed by atoms with van der Waals surface area (Å²) in [6, 6.07) is 8.40. The molecule has 16 heavy (non-hydrogen) atoms. The Kier molecular flexibility index (Phi) is 3.28. The third kappa shape index (κ3) is 1.97. The molecule has 2 nitrogen and oxygen atoms in total. The lowest BCUT2D eigenvalue weighted by Crippen LogP contribution is -2.58. The molecule has 1 aromatic carbocycles. The second-order valence-corrected chi connectivity index (χ2v) is 4.13. The normalized spacial score (nSPS) is 17.1. The summed E-state index contributed by atoms with van der Waals surface area (Å²) in [7, 11) is 0. The van der Waals surface area contributed by atoms with E-state index in [9.17, 15) is 0 Å². The van der Waals surface area contributed by atoms with Gasteiger partial charge in [-0.2, -0.15) is 0 Å². The molecule has 2 rings (SSSR count). The fraction of sp³-hybridized carbons (Fsp3) is 0.429. The van der Waals surface area contributed by atoms with E-state index < -0.39 is 0 Å². The third-order valence-electron chi connectivity index (χ3n) is 3.05. The standard InChI is InChI=1S/C14H17NO/c1-3-4-9-16-14(10-15-11-14)13-8-6-5-7-12(13)2/h5-8,15H,9-11H2,1-2H3. The monoisotopic (exact) mass is 215 g/mol. The van der Waals surface area contributed by atoms with Crippen molar-refractivity contribution >= 4 is 0 Å². The zero-order valence-electron chi connectivity index (χ0n) is 9.84. The zero-order valence-corrected chi connectivity index (χ0v) is 9.84. The highest BCUT2D eigenvalue weighted by molar-refractivity contribution is 5.34. The summed E-state index contributed by atoms with van der Waals surface area (Å²) in [5.41, 5.74) is 2.41. The molecule has 0 amide bonds. The molecular formula is C14H17NO. The van der Waals surface area contributed by atoms with Gasteiger partial charge in [-0.3, -0.25) is 0 Å². The summed E-state index contributed by atoms with van der Waals surface area (Å²) in [5.74, 6) is 5.82. The van der Waals surface area contributed by atoms with Crippen LogP contribution < -0.4 is 5.32 Å². The minimum atomic E-state index is -0.158. The molecule has 0 spiro atoms. The second kappa shape index (κ2) is 4.69. The lowest BCUT2D eigenvalue weighted by atomic mass is 9.85. The first-order chi connectivity index (χ1) is 7.78. The van der Waals surface area contributed by atoms with Gasteiger partial charge in [0.25, 0.3) is 0 Å². The Balaban J connectivity index is 2.20. The molecule has 1 N–H and O–H groups in total. The SMILES string of the molecule is CC#CCOC1(c2ccccc2C)CNC1. The van der Waals surface area contributed by atoms with Crippen LogP contribution in [0.3, 0.4) is 0 Å². The minimum Gasteiger partial charge on any atom is -0.355 e. The number of aryl methyl sites for hydroxylation is 1. The second-order valence-electron chi connectivity index (χ2n) is 4.13. The van der Waals surface area contributed by atoms with E-state index in [2.05, 4.69) is 48.3 Å². The van der Waals surface area contributed by atoms with Gasteiger partial charge in [-0.1, -0.05) is 30.2 Å². The van der Waals surface area contributed by atoms with Crippen molar-refractivity contribution in [3.05, 3.63) is 35.4 Å². The van der Waals surface area contributed by atoms with Gasteiger partial charge in [-0.05, 0) is 25.0 Å². The molecule has 1 saturated heterocycles. The van der Waals surface area contributed by atoms with Crippen LogP contribution in [0.2, 0.25) is 0 Å². The Morgan fingerprint density at radius 3 is 2.69 bits per heavy atom. The highest BCUT2D eigenvalue weighted by Gasteiger charge is 2.40. The molecule has 1 aliphatic rings. The van der Waals surface area contributed by atoms with E-state index in [1.165, 1.54) is 11.1 Å². The lowest BCUT2D eigenvalue weighted by Gasteiger charge is -2.43. The smallest absolute Gasteiger partial charge is 0.119 e. The lowest BCUT2D eigenvalue weighted by molar-refractivity contribution is -0.0726. The van der Waals surface area contributed by atoms with Crippen LogP contribution in [0, 0.1) is 18.8 Å². The van der Waals surface area contributed by atoms with Crippen LogP contribution >= 0.6 is 0 Å². The average molecular weight is 215 g/mol. The molecule has 2 heteroatoms. The number of rotatable bonds is 3. The summed E-state index contributed by atoms with van der Waals surface area (Å²) in [4.78, 5) is 0. The van der Waals surface area contributed by atoms with Crippen molar-refractivity contribution < 1.29 is 4.74 Å². The minimum absolute atomic E-state index is 0.158. The van der Waals surface area contributed by atoms with Crippen LogP contribution in [-0.2, 0) is 10.3 Å². The first kappa shape index (κ1) is 11.2. The molecule has 0 aliphatic carbocycles. The maximum atomic E-state index is 5.94. The molecular weight excluding hydrogens is 198 g/mol. The van der Waals surface area contributed by atoms with Gasteiger partial charge in [0.05, 0.1) is 0 Å². The van der Waals surface area contributed by atoms with Gasteiger partial charge in [0, 0.05) is 13.1 Å². The van der Waals surface area contributed by atoms with E-state index in [0.717, 1.165) is 13.1 Å². The van der Waals surface area contributed by atoms with Crippen LogP contribution in [0.1, 0.15) is 18.1 Å². The summed E-state index contributed by atoms with van der Waals surface area (Å²) < 4.78 is 5.94. The topological polar surface area (TPSA) is 21.3 Å². The van der Waals surface area contributed by atoms with Crippen molar-refractivity contribution in [2.75, 3.05) is 19.7 Å². The van der Waals surface area contributed by atoms with Crippen molar-refractivity contribution in [1.29, 1.82) is 0 Å². The first-order valence-electron chi connectivity index (χ1n) is 5.59. The van der Waals surface area contributed by atoms with Crippen LogP contribution in [0.25, 0.3) is 0 Å². The van der Waals surface area contributed by atoms with Crippen molar-refractivity contribution in [1.82, 2.24) is 5.32 Å². The highest BCUT2D eigenvalue weighted by Crippen LogP contribution is 2.31. The Hall–Kier alpha value is -1.30. The van der Waals surface area contributed by atoms with Crippen LogP contribution in [0.15, 0.2) is 24.3 Å². The average Bonchev–Trinajstić information content (AvgIpc) is 2.24. The maximum absolute atomic E-state index is 5.94. The van der Waals surface area contributed by atoms with E-state index >= 15 is 0 Å². The molecule has 84 valence electrons. The predicted molar refractivity (Wildman–Crippen MR) is 65.1 cm³/mol. The Morgan fingerprint density at radius 1 is 1.38 bits per heavy atom. The number of hydrogen-bond donors (Lipinski definition) is 1. The van der Waals surface area contributed by atoms with Gasteiger partial charge in [-0.15, -0.1) is 5.92 Å². The van der Waals surface area contributed by atoms with Gasteiger partial charge in [0.15, 0.2) is 0 Å². The zero-order chi connectivity index (χ0) is 11.4. The van der Waals surface area contributed by atoms with Gasteiger partial charge in [-0.25, -0.2) is 0 Å². The molecule has 0 radical (unpaired) electrons. The summed E-state index contributed by atoms with van der Waals surface area (Å²) in [6.07, 6.45) is 0. The number of ether oxygens (including phenoxy) is 1. The van der Waals surface area contributed by atoms with Gasteiger partial charge >= 0.3 is 0 Å². The summed E-state index contributed by atoms with van der Waals surface area (Å²) in [5, 5.41) is 3.28. The fourth-order valence-corrected chi connectivity index (χ4v) is 2.05. The van der Waals surface area contributed by atoms with Crippen molar-refractivity contribution in [3.63, 3.8) is 0 Å². The largest absolute Gasteiger partial charge is 0.355 e. The highest BCUT2D eigenvalue weighted by atomic mass is 16.5.